The van der Waals surface area contributed by atoms with Gasteiger partial charge in [0, 0.05) is 0 Å². The molecule has 0 saturated heterocycles. The molecule has 0 aromatic carbocycles. The minimum Gasteiger partial charge on any atom is -0.391 e. The zero-order valence-corrected chi connectivity index (χ0v) is 9.42. The van der Waals surface area contributed by atoms with Gasteiger partial charge in [0.2, 0.25) is 0 Å². The van der Waals surface area contributed by atoms with Gasteiger partial charge >= 0.3 is 5.82 Å². The first-order valence-corrected chi connectivity index (χ1v) is 5.46. The number of halogens is 1. The van der Waals surface area contributed by atoms with Crippen LogP contribution >= 0.6 is 15.9 Å². The maximum Gasteiger partial charge on any atom is 0.404 e. The summed E-state index contributed by atoms with van der Waals surface area (Å²) in [6.45, 7) is 0. The summed E-state index contributed by atoms with van der Waals surface area (Å²) in [6.07, 6.45) is 3.58. The van der Waals surface area contributed by atoms with Crippen molar-refractivity contribution in [2.24, 2.45) is 0 Å². The van der Waals surface area contributed by atoms with Crippen LogP contribution in [0.5, 0.6) is 0 Å². The minimum absolute atomic E-state index is 0.130. The molecule has 0 radical (unpaired) electrons. The maximum absolute atomic E-state index is 10.6. The van der Waals surface area contributed by atoms with Crippen molar-refractivity contribution in [2.45, 2.75) is 31.4 Å². The molecule has 15 heavy (non-hydrogen) atoms. The molecule has 6 nitrogen and oxygen atoms in total. The quantitative estimate of drug-likeness (QED) is 0.657. The SMILES string of the molecule is O=[N+]([O-])c1nn(C2CCCC2O)cc1Br. The molecule has 82 valence electrons. The Kier molecular flexibility index (Phi) is 2.74. The van der Waals surface area contributed by atoms with Crippen LogP contribution in [0, 0.1) is 10.1 Å². The topological polar surface area (TPSA) is 81.2 Å². The fourth-order valence-electron chi connectivity index (χ4n) is 1.88. The van der Waals surface area contributed by atoms with E-state index in [1.165, 1.54) is 4.68 Å². The lowest BCUT2D eigenvalue weighted by molar-refractivity contribution is -0.390. The molecule has 2 unspecified atom stereocenters. The normalized spacial score (nSPS) is 25.7. The molecule has 1 aliphatic rings. The highest BCUT2D eigenvalue weighted by atomic mass is 79.9. The van der Waals surface area contributed by atoms with Crippen LogP contribution in [-0.4, -0.2) is 25.9 Å². The average molecular weight is 276 g/mol. The molecule has 1 aromatic heterocycles. The molecule has 2 atom stereocenters. The number of aliphatic hydroxyl groups is 1. The Labute approximate surface area is 94.2 Å². The Hall–Kier alpha value is -0.950. The van der Waals surface area contributed by atoms with Crippen LogP contribution in [0.1, 0.15) is 25.3 Å². The van der Waals surface area contributed by atoms with Crippen molar-refractivity contribution in [3.8, 4) is 0 Å². The van der Waals surface area contributed by atoms with Gasteiger partial charge in [0.25, 0.3) is 0 Å². The number of hydrogen-bond acceptors (Lipinski definition) is 4. The van der Waals surface area contributed by atoms with Crippen LogP contribution in [0.25, 0.3) is 0 Å². The second-order valence-electron chi connectivity index (χ2n) is 3.60. The summed E-state index contributed by atoms with van der Waals surface area (Å²) < 4.78 is 1.84. The third-order valence-electron chi connectivity index (χ3n) is 2.63. The number of nitro groups is 1. The predicted octanol–water partition coefficient (Wildman–Crippen LogP) is 1.64. The highest BCUT2D eigenvalue weighted by molar-refractivity contribution is 9.10. The van der Waals surface area contributed by atoms with Gasteiger partial charge in [-0.05, 0) is 40.1 Å². The Morgan fingerprint density at radius 3 is 2.87 bits per heavy atom. The van der Waals surface area contributed by atoms with Crippen molar-refractivity contribution in [1.29, 1.82) is 0 Å². The molecule has 1 fully saturated rings. The van der Waals surface area contributed by atoms with E-state index in [-0.39, 0.29) is 11.9 Å². The van der Waals surface area contributed by atoms with Crippen molar-refractivity contribution in [3.05, 3.63) is 20.8 Å². The van der Waals surface area contributed by atoms with E-state index < -0.39 is 11.0 Å². The lowest BCUT2D eigenvalue weighted by Crippen LogP contribution is -2.18. The molecule has 1 aliphatic carbocycles. The largest absolute Gasteiger partial charge is 0.404 e. The lowest BCUT2D eigenvalue weighted by atomic mass is 10.2. The zero-order valence-electron chi connectivity index (χ0n) is 7.84. The first-order chi connectivity index (χ1) is 7.09. The van der Waals surface area contributed by atoms with Crippen molar-refractivity contribution >= 4 is 21.7 Å². The third-order valence-corrected chi connectivity index (χ3v) is 3.19. The highest BCUT2D eigenvalue weighted by Gasteiger charge is 2.31. The van der Waals surface area contributed by atoms with Gasteiger partial charge in [0.05, 0.1) is 23.4 Å². The van der Waals surface area contributed by atoms with E-state index in [9.17, 15) is 15.2 Å². The van der Waals surface area contributed by atoms with Crippen LogP contribution in [-0.2, 0) is 0 Å². The van der Waals surface area contributed by atoms with Crippen LogP contribution < -0.4 is 0 Å². The summed E-state index contributed by atoms with van der Waals surface area (Å²) in [5.41, 5.74) is 0. The summed E-state index contributed by atoms with van der Waals surface area (Å²) in [7, 11) is 0. The summed E-state index contributed by atoms with van der Waals surface area (Å²) in [5, 5.41) is 24.1. The predicted molar refractivity (Wildman–Crippen MR) is 55.5 cm³/mol. The van der Waals surface area contributed by atoms with Gasteiger partial charge in [-0.3, -0.25) is 0 Å². The Bertz CT molecular complexity index is 392. The Balaban J connectivity index is 2.29. The van der Waals surface area contributed by atoms with E-state index in [0.717, 1.165) is 19.3 Å². The number of nitrogens with zero attached hydrogens (tertiary/aromatic N) is 3. The van der Waals surface area contributed by atoms with Gasteiger partial charge < -0.3 is 15.2 Å². The number of aromatic nitrogens is 2. The van der Waals surface area contributed by atoms with E-state index in [1.807, 2.05) is 0 Å². The van der Waals surface area contributed by atoms with Gasteiger partial charge in [-0.15, -0.1) is 0 Å². The number of hydrogen-bond donors (Lipinski definition) is 1. The van der Waals surface area contributed by atoms with Crippen molar-refractivity contribution < 1.29 is 10.0 Å². The second-order valence-corrected chi connectivity index (χ2v) is 4.46. The van der Waals surface area contributed by atoms with Crippen LogP contribution in [0.15, 0.2) is 10.7 Å². The first kappa shape index (κ1) is 10.6. The van der Waals surface area contributed by atoms with Crippen LogP contribution in [0.3, 0.4) is 0 Å². The zero-order chi connectivity index (χ0) is 11.0. The van der Waals surface area contributed by atoms with Gasteiger partial charge in [-0.25, -0.2) is 0 Å². The second kappa shape index (κ2) is 3.90. The van der Waals surface area contributed by atoms with E-state index in [2.05, 4.69) is 21.0 Å². The van der Waals surface area contributed by atoms with E-state index in [1.54, 1.807) is 6.20 Å². The van der Waals surface area contributed by atoms with E-state index in [0.29, 0.717) is 4.47 Å². The van der Waals surface area contributed by atoms with Gasteiger partial charge in [-0.2, -0.15) is 4.68 Å². The molecule has 2 rings (SSSR count). The molecule has 1 heterocycles. The molecule has 1 N–H and O–H groups in total. The highest BCUT2D eigenvalue weighted by Crippen LogP contribution is 2.32. The van der Waals surface area contributed by atoms with Crippen molar-refractivity contribution in [1.82, 2.24) is 9.78 Å². The molecule has 0 aliphatic heterocycles. The molecule has 0 spiro atoms. The minimum atomic E-state index is -0.540. The molecule has 1 aromatic rings. The summed E-state index contributed by atoms with van der Waals surface area (Å²) >= 11 is 3.08. The van der Waals surface area contributed by atoms with Crippen molar-refractivity contribution in [2.75, 3.05) is 0 Å². The molecule has 7 heteroatoms. The van der Waals surface area contributed by atoms with Gasteiger partial charge in [-0.1, -0.05) is 0 Å². The van der Waals surface area contributed by atoms with Gasteiger partial charge in [0.1, 0.15) is 4.47 Å². The molecular formula is C8H10BrN3O3. The summed E-state index contributed by atoms with van der Waals surface area (Å²) in [4.78, 5) is 10.0. The van der Waals surface area contributed by atoms with Crippen molar-refractivity contribution in [3.63, 3.8) is 0 Å². The fraction of sp³-hybridized carbons (Fsp3) is 0.625. The number of aliphatic hydroxyl groups excluding tert-OH is 1. The monoisotopic (exact) mass is 275 g/mol. The van der Waals surface area contributed by atoms with Crippen LogP contribution in [0.4, 0.5) is 5.82 Å². The smallest absolute Gasteiger partial charge is 0.391 e. The van der Waals surface area contributed by atoms with E-state index >= 15 is 0 Å². The Morgan fingerprint density at radius 1 is 1.67 bits per heavy atom. The van der Waals surface area contributed by atoms with Gasteiger partial charge in [0.15, 0.2) is 0 Å². The maximum atomic E-state index is 10.6. The van der Waals surface area contributed by atoms with Crippen LogP contribution in [0.2, 0.25) is 0 Å². The number of rotatable bonds is 2. The average Bonchev–Trinajstić information content (AvgIpc) is 2.71. The summed E-state index contributed by atoms with van der Waals surface area (Å²) in [5.74, 6) is -0.200. The standard InChI is InChI=1S/C8H10BrN3O3/c9-5-4-11(10-8(5)12(14)15)6-2-1-3-7(6)13/h4,6-7,13H,1-3H2. The summed E-state index contributed by atoms with van der Waals surface area (Å²) in [6, 6.07) is -0.130. The Morgan fingerprint density at radius 2 is 2.40 bits per heavy atom. The molecule has 1 saturated carbocycles. The third kappa shape index (κ3) is 1.89. The molecule has 0 bridgehead atoms. The molecule has 0 amide bonds. The molecular weight excluding hydrogens is 266 g/mol. The fourth-order valence-corrected chi connectivity index (χ4v) is 2.32. The first-order valence-electron chi connectivity index (χ1n) is 4.66. The van der Waals surface area contributed by atoms with E-state index in [4.69, 9.17) is 0 Å². The lowest BCUT2D eigenvalue weighted by Gasteiger charge is -2.10.